The summed E-state index contributed by atoms with van der Waals surface area (Å²) in [6.45, 7) is 6.17. The monoisotopic (exact) mass is 187 g/mol. The van der Waals surface area contributed by atoms with E-state index in [1.54, 1.807) is 0 Å². The number of rotatable bonds is 6. The summed E-state index contributed by atoms with van der Waals surface area (Å²) < 4.78 is 0. The second-order valence-corrected chi connectivity index (χ2v) is 3.79. The van der Waals surface area contributed by atoms with Crippen molar-refractivity contribution in [2.24, 2.45) is 5.92 Å². The van der Waals surface area contributed by atoms with E-state index in [0.717, 1.165) is 12.8 Å². The molecule has 3 heteroatoms. The molecule has 13 heavy (non-hydrogen) atoms. The summed E-state index contributed by atoms with van der Waals surface area (Å²) >= 11 is 0. The summed E-state index contributed by atoms with van der Waals surface area (Å²) in [6.07, 6.45) is 2.26. The van der Waals surface area contributed by atoms with Gasteiger partial charge in [0.2, 0.25) is 5.91 Å². The minimum atomic E-state index is -0.0698. The minimum Gasteiger partial charge on any atom is -0.394 e. The predicted molar refractivity (Wildman–Crippen MR) is 53.4 cm³/mol. The summed E-state index contributed by atoms with van der Waals surface area (Å²) in [5.41, 5.74) is 0. The Labute approximate surface area is 80.5 Å². The second-order valence-electron chi connectivity index (χ2n) is 3.79. The normalized spacial score (nSPS) is 13.0. The fourth-order valence-corrected chi connectivity index (χ4v) is 0.996. The molecular formula is C10H21NO2. The number of amides is 1. The molecule has 1 amide bonds. The van der Waals surface area contributed by atoms with Crippen LogP contribution < -0.4 is 5.32 Å². The Bertz CT molecular complexity index is 142. The number of nitrogens with one attached hydrogen (secondary N) is 1. The van der Waals surface area contributed by atoms with E-state index in [0.29, 0.717) is 12.3 Å². The summed E-state index contributed by atoms with van der Waals surface area (Å²) in [5.74, 6) is 0.606. The lowest BCUT2D eigenvalue weighted by atomic mass is 10.1. The largest absolute Gasteiger partial charge is 0.394 e. The van der Waals surface area contributed by atoms with Crippen LogP contribution in [0.15, 0.2) is 0 Å². The molecule has 0 saturated carbocycles. The number of aliphatic hydroxyl groups is 1. The van der Waals surface area contributed by atoms with Crippen LogP contribution >= 0.6 is 0 Å². The van der Waals surface area contributed by atoms with E-state index in [1.807, 2.05) is 6.92 Å². The van der Waals surface area contributed by atoms with Crippen LogP contribution in [0.5, 0.6) is 0 Å². The maximum Gasteiger partial charge on any atom is 0.220 e. The zero-order valence-electron chi connectivity index (χ0n) is 8.84. The highest BCUT2D eigenvalue weighted by molar-refractivity contribution is 5.76. The van der Waals surface area contributed by atoms with Crippen LogP contribution in [0.3, 0.4) is 0 Å². The Morgan fingerprint density at radius 3 is 2.46 bits per heavy atom. The van der Waals surface area contributed by atoms with Gasteiger partial charge < -0.3 is 10.4 Å². The average molecular weight is 187 g/mol. The van der Waals surface area contributed by atoms with Gasteiger partial charge in [0.05, 0.1) is 12.6 Å². The molecule has 0 unspecified atom stereocenters. The van der Waals surface area contributed by atoms with Gasteiger partial charge in [-0.1, -0.05) is 20.8 Å². The maximum absolute atomic E-state index is 11.3. The Balaban J connectivity index is 3.60. The van der Waals surface area contributed by atoms with Crippen molar-refractivity contribution in [1.29, 1.82) is 0 Å². The zero-order chi connectivity index (χ0) is 10.3. The van der Waals surface area contributed by atoms with Crippen molar-refractivity contribution >= 4 is 5.91 Å². The van der Waals surface area contributed by atoms with Crippen molar-refractivity contribution in [1.82, 2.24) is 5.32 Å². The Kier molecular flexibility index (Phi) is 6.59. The third kappa shape index (κ3) is 6.58. The van der Waals surface area contributed by atoms with Crippen molar-refractivity contribution in [3.05, 3.63) is 0 Å². The van der Waals surface area contributed by atoms with Gasteiger partial charge in [-0.05, 0) is 18.8 Å². The molecule has 3 nitrogen and oxygen atoms in total. The minimum absolute atomic E-state index is 0.0317. The number of aliphatic hydroxyl groups excluding tert-OH is 1. The molecule has 0 radical (unpaired) electrons. The fraction of sp³-hybridized carbons (Fsp3) is 0.900. The molecular weight excluding hydrogens is 166 g/mol. The van der Waals surface area contributed by atoms with Crippen molar-refractivity contribution < 1.29 is 9.90 Å². The van der Waals surface area contributed by atoms with Crippen molar-refractivity contribution in [2.75, 3.05) is 6.61 Å². The maximum atomic E-state index is 11.3. The highest BCUT2D eigenvalue weighted by Crippen LogP contribution is 2.03. The lowest BCUT2D eigenvalue weighted by molar-refractivity contribution is -0.122. The number of carbonyl (C=O) groups excluding carboxylic acids is 1. The van der Waals surface area contributed by atoms with Gasteiger partial charge in [-0.2, -0.15) is 0 Å². The zero-order valence-corrected chi connectivity index (χ0v) is 8.84. The van der Waals surface area contributed by atoms with Crippen LogP contribution in [0.4, 0.5) is 0 Å². The van der Waals surface area contributed by atoms with E-state index in [2.05, 4.69) is 19.2 Å². The Morgan fingerprint density at radius 2 is 2.08 bits per heavy atom. The first-order valence-electron chi connectivity index (χ1n) is 5.00. The Morgan fingerprint density at radius 1 is 1.46 bits per heavy atom. The first-order chi connectivity index (χ1) is 6.10. The van der Waals surface area contributed by atoms with Gasteiger partial charge in [0, 0.05) is 6.42 Å². The van der Waals surface area contributed by atoms with Crippen LogP contribution in [0.1, 0.15) is 40.0 Å². The molecule has 0 bridgehead atoms. The van der Waals surface area contributed by atoms with E-state index in [9.17, 15) is 4.79 Å². The molecule has 0 aliphatic heterocycles. The summed E-state index contributed by atoms with van der Waals surface area (Å²) in [4.78, 5) is 11.3. The number of hydrogen-bond donors (Lipinski definition) is 2. The van der Waals surface area contributed by atoms with Crippen molar-refractivity contribution in [3.63, 3.8) is 0 Å². The molecule has 0 aliphatic rings. The van der Waals surface area contributed by atoms with Crippen LogP contribution in [0, 0.1) is 5.92 Å². The summed E-state index contributed by atoms with van der Waals surface area (Å²) in [5, 5.41) is 11.6. The van der Waals surface area contributed by atoms with E-state index in [4.69, 9.17) is 5.11 Å². The molecule has 78 valence electrons. The van der Waals surface area contributed by atoms with Gasteiger partial charge in [-0.15, -0.1) is 0 Å². The van der Waals surface area contributed by atoms with Gasteiger partial charge in [-0.3, -0.25) is 4.79 Å². The van der Waals surface area contributed by atoms with Crippen molar-refractivity contribution in [3.8, 4) is 0 Å². The molecule has 0 aromatic carbocycles. The van der Waals surface area contributed by atoms with Gasteiger partial charge in [0.15, 0.2) is 0 Å². The smallest absolute Gasteiger partial charge is 0.220 e. The van der Waals surface area contributed by atoms with Crippen LogP contribution in [0.2, 0.25) is 0 Å². The van der Waals surface area contributed by atoms with E-state index in [-0.39, 0.29) is 18.6 Å². The highest BCUT2D eigenvalue weighted by atomic mass is 16.3. The molecule has 0 fully saturated rings. The molecule has 1 atom stereocenters. The highest BCUT2D eigenvalue weighted by Gasteiger charge is 2.08. The van der Waals surface area contributed by atoms with E-state index in [1.165, 1.54) is 0 Å². The molecule has 0 aliphatic carbocycles. The van der Waals surface area contributed by atoms with Gasteiger partial charge in [0.25, 0.3) is 0 Å². The SMILES string of the molecule is CC[C@@H](CO)NC(=O)CCC(C)C. The molecule has 0 aromatic heterocycles. The van der Waals surface area contributed by atoms with Crippen LogP contribution in [-0.2, 0) is 4.79 Å². The second kappa shape index (κ2) is 6.89. The van der Waals surface area contributed by atoms with Gasteiger partial charge in [-0.25, -0.2) is 0 Å². The number of carbonyl (C=O) groups is 1. The van der Waals surface area contributed by atoms with E-state index < -0.39 is 0 Å². The quantitative estimate of drug-likeness (QED) is 0.658. The Hall–Kier alpha value is -0.570. The standard InChI is InChI=1S/C10H21NO2/c1-4-9(7-12)11-10(13)6-5-8(2)3/h8-9,12H,4-7H2,1-3H3,(H,11,13)/t9-/m0/s1. The lowest BCUT2D eigenvalue weighted by Crippen LogP contribution is -2.36. The number of hydrogen-bond acceptors (Lipinski definition) is 2. The topological polar surface area (TPSA) is 49.3 Å². The van der Waals surface area contributed by atoms with Gasteiger partial charge in [0.1, 0.15) is 0 Å². The molecule has 0 aromatic rings. The predicted octanol–water partition coefficient (Wildman–Crippen LogP) is 1.31. The molecule has 0 saturated heterocycles. The van der Waals surface area contributed by atoms with Gasteiger partial charge >= 0.3 is 0 Å². The van der Waals surface area contributed by atoms with Crippen LogP contribution in [-0.4, -0.2) is 23.7 Å². The molecule has 0 heterocycles. The third-order valence-electron chi connectivity index (χ3n) is 2.03. The first-order valence-corrected chi connectivity index (χ1v) is 5.00. The first kappa shape index (κ1) is 12.4. The summed E-state index contributed by atoms with van der Waals surface area (Å²) in [6, 6.07) is -0.0698. The third-order valence-corrected chi connectivity index (χ3v) is 2.03. The molecule has 0 rings (SSSR count). The average Bonchev–Trinajstić information content (AvgIpc) is 2.10. The lowest BCUT2D eigenvalue weighted by Gasteiger charge is -2.14. The summed E-state index contributed by atoms with van der Waals surface area (Å²) in [7, 11) is 0. The van der Waals surface area contributed by atoms with Crippen molar-refractivity contribution in [2.45, 2.75) is 46.1 Å². The molecule has 2 N–H and O–H groups in total. The van der Waals surface area contributed by atoms with Crippen LogP contribution in [0.25, 0.3) is 0 Å². The molecule has 0 spiro atoms. The van der Waals surface area contributed by atoms with E-state index >= 15 is 0 Å². The fourth-order valence-electron chi connectivity index (χ4n) is 0.996.